The second-order valence-corrected chi connectivity index (χ2v) is 10.3. The van der Waals surface area contributed by atoms with Crippen LogP contribution in [0.1, 0.15) is 42.1 Å². The van der Waals surface area contributed by atoms with Crippen molar-refractivity contribution in [3.05, 3.63) is 41.3 Å². The second-order valence-electron chi connectivity index (χ2n) is 10.3. The quantitative estimate of drug-likeness (QED) is 0.559. The first-order valence-corrected chi connectivity index (χ1v) is 12.7. The van der Waals surface area contributed by atoms with Gasteiger partial charge in [0.1, 0.15) is 17.8 Å². The number of piperidine rings is 1. The van der Waals surface area contributed by atoms with Gasteiger partial charge in [-0.25, -0.2) is 19.0 Å². The molecule has 5 heterocycles. The zero-order valence-electron chi connectivity index (χ0n) is 20.6. The Hall–Kier alpha value is -3.11. The summed E-state index contributed by atoms with van der Waals surface area (Å²) in [5.41, 5.74) is 2.92. The predicted molar refractivity (Wildman–Crippen MR) is 133 cm³/mol. The molecule has 0 amide bonds. The van der Waals surface area contributed by atoms with Gasteiger partial charge in [0.2, 0.25) is 0 Å². The summed E-state index contributed by atoms with van der Waals surface area (Å²) >= 11 is 0. The summed E-state index contributed by atoms with van der Waals surface area (Å²) < 4.78 is 22.9. The summed E-state index contributed by atoms with van der Waals surface area (Å²) in [5, 5.41) is 14.6. The number of rotatable bonds is 6. The van der Waals surface area contributed by atoms with E-state index in [9.17, 15) is 4.79 Å². The Bertz CT molecular complexity index is 1310. The smallest absolute Gasteiger partial charge is 0.304 e. The topological polar surface area (TPSA) is 96.6 Å². The minimum Gasteiger partial charge on any atom is -0.481 e. The van der Waals surface area contributed by atoms with E-state index >= 15 is 4.39 Å². The van der Waals surface area contributed by atoms with Crippen molar-refractivity contribution in [2.24, 2.45) is 0 Å². The number of carbonyl (C=O) groups is 1. The van der Waals surface area contributed by atoms with Crippen molar-refractivity contribution in [1.82, 2.24) is 24.6 Å². The third-order valence-electron chi connectivity index (χ3n) is 7.85. The molecule has 190 valence electrons. The number of fused-ring (bicyclic) bond motifs is 3. The van der Waals surface area contributed by atoms with Crippen molar-refractivity contribution >= 4 is 22.7 Å². The zero-order chi connectivity index (χ0) is 25.0. The standard InChI is InChI=1S/C26H31FN6O3/c1-15-7-17-11-28-33(25-10-24(29-16(2)30-25)32-12-19-8-18(32)14-36-19)23(17)9-21(15)20-3-5-31(13-22(20)27)6-4-26(34)35/h7,9-11,18-20,22H,3-6,8,12-14H2,1-2H3,(H,34,35)/t18-,19-,20?,22?/m1/s1. The van der Waals surface area contributed by atoms with E-state index in [0.29, 0.717) is 37.2 Å². The predicted octanol–water partition coefficient (Wildman–Crippen LogP) is 3.01. The Balaban J connectivity index is 1.30. The molecule has 1 aromatic carbocycles. The summed E-state index contributed by atoms with van der Waals surface area (Å²) in [5.74, 6) is 1.19. The molecular formula is C26H31FN6O3. The molecule has 3 saturated heterocycles. The number of aryl methyl sites for hydroxylation is 2. The Morgan fingerprint density at radius 2 is 2.03 bits per heavy atom. The highest BCUT2D eigenvalue weighted by Crippen LogP contribution is 2.36. The number of hydrogen-bond donors (Lipinski definition) is 1. The van der Waals surface area contributed by atoms with Crippen LogP contribution in [-0.2, 0) is 9.53 Å². The normalized spacial score (nSPS) is 26.2. The molecule has 2 aromatic heterocycles. The molecule has 1 N–H and O–H groups in total. The van der Waals surface area contributed by atoms with Gasteiger partial charge in [0.05, 0.1) is 36.9 Å². The Labute approximate surface area is 208 Å². The maximum atomic E-state index is 15.3. The van der Waals surface area contributed by atoms with E-state index in [1.165, 1.54) is 0 Å². The molecule has 3 aromatic rings. The van der Waals surface area contributed by atoms with Crippen molar-refractivity contribution in [2.45, 2.75) is 57.3 Å². The van der Waals surface area contributed by atoms with E-state index in [0.717, 1.165) is 47.4 Å². The first-order valence-electron chi connectivity index (χ1n) is 12.7. The fourth-order valence-electron chi connectivity index (χ4n) is 6.03. The van der Waals surface area contributed by atoms with Crippen LogP contribution in [0.25, 0.3) is 16.7 Å². The number of carboxylic acids is 1. The summed E-state index contributed by atoms with van der Waals surface area (Å²) in [6.45, 7) is 6.81. The molecule has 0 aliphatic carbocycles. The van der Waals surface area contributed by atoms with E-state index in [1.54, 1.807) is 0 Å². The van der Waals surface area contributed by atoms with Gasteiger partial charge in [0.25, 0.3) is 0 Å². The molecule has 3 fully saturated rings. The van der Waals surface area contributed by atoms with Crippen LogP contribution in [0.2, 0.25) is 0 Å². The number of likely N-dealkylation sites (tertiary alicyclic amines) is 1. The lowest BCUT2D eigenvalue weighted by Gasteiger charge is -2.35. The number of morpholine rings is 1. The number of aromatic nitrogens is 4. The summed E-state index contributed by atoms with van der Waals surface area (Å²) in [7, 11) is 0. The molecule has 10 heteroatoms. The SMILES string of the molecule is Cc1nc(N2C[C@H]3C[C@@H]2CO3)cc(-n2ncc3cc(C)c(C4CCN(CCC(=O)O)CC4F)cc32)n1. The summed E-state index contributed by atoms with van der Waals surface area (Å²) in [6.07, 6.45) is 2.77. The molecule has 9 nitrogen and oxygen atoms in total. The van der Waals surface area contributed by atoms with Crippen LogP contribution < -0.4 is 4.90 Å². The largest absolute Gasteiger partial charge is 0.481 e. The molecule has 0 saturated carbocycles. The van der Waals surface area contributed by atoms with Crippen LogP contribution in [0.3, 0.4) is 0 Å². The molecule has 6 rings (SSSR count). The van der Waals surface area contributed by atoms with Crippen LogP contribution in [0.4, 0.5) is 10.2 Å². The molecule has 2 bridgehead atoms. The third-order valence-corrected chi connectivity index (χ3v) is 7.85. The fraction of sp³-hybridized carbons (Fsp3) is 0.538. The van der Waals surface area contributed by atoms with Crippen LogP contribution in [0.15, 0.2) is 24.4 Å². The van der Waals surface area contributed by atoms with E-state index in [-0.39, 0.29) is 25.0 Å². The molecule has 4 atom stereocenters. The lowest BCUT2D eigenvalue weighted by Crippen LogP contribution is -2.41. The highest BCUT2D eigenvalue weighted by molar-refractivity contribution is 5.82. The number of ether oxygens (including phenoxy) is 1. The number of hydrogen-bond acceptors (Lipinski definition) is 7. The molecular weight excluding hydrogens is 463 g/mol. The number of nitrogens with zero attached hydrogens (tertiary/aromatic N) is 6. The van der Waals surface area contributed by atoms with E-state index in [1.807, 2.05) is 35.7 Å². The van der Waals surface area contributed by atoms with Crippen molar-refractivity contribution in [2.75, 3.05) is 37.7 Å². The van der Waals surface area contributed by atoms with Gasteiger partial charge in [-0.2, -0.15) is 5.10 Å². The minimum absolute atomic E-state index is 0.0355. The summed E-state index contributed by atoms with van der Waals surface area (Å²) in [6, 6.07) is 6.47. The lowest BCUT2D eigenvalue weighted by molar-refractivity contribution is -0.137. The Morgan fingerprint density at radius 3 is 2.75 bits per heavy atom. The number of halogens is 1. The average molecular weight is 495 g/mol. The van der Waals surface area contributed by atoms with Gasteiger partial charge in [0.15, 0.2) is 5.82 Å². The maximum Gasteiger partial charge on any atom is 0.304 e. The number of aliphatic carboxylic acids is 1. The molecule has 3 aliphatic heterocycles. The first-order chi connectivity index (χ1) is 17.4. The molecule has 0 radical (unpaired) electrons. The zero-order valence-corrected chi connectivity index (χ0v) is 20.6. The van der Waals surface area contributed by atoms with E-state index in [4.69, 9.17) is 14.8 Å². The van der Waals surface area contributed by atoms with Crippen LogP contribution in [0, 0.1) is 13.8 Å². The van der Waals surface area contributed by atoms with Crippen molar-refractivity contribution in [3.8, 4) is 5.82 Å². The summed E-state index contributed by atoms with van der Waals surface area (Å²) in [4.78, 5) is 24.5. The monoisotopic (exact) mass is 494 g/mol. The lowest BCUT2D eigenvalue weighted by atomic mass is 9.85. The van der Waals surface area contributed by atoms with Crippen LogP contribution in [0.5, 0.6) is 0 Å². The van der Waals surface area contributed by atoms with E-state index < -0.39 is 12.1 Å². The number of benzene rings is 1. The number of anilines is 1. The average Bonchev–Trinajstić information content (AvgIpc) is 3.58. The highest BCUT2D eigenvalue weighted by atomic mass is 19.1. The number of alkyl halides is 1. The van der Waals surface area contributed by atoms with Crippen LogP contribution in [-0.4, -0.2) is 86.8 Å². The highest BCUT2D eigenvalue weighted by Gasteiger charge is 2.40. The van der Waals surface area contributed by atoms with Gasteiger partial charge in [-0.3, -0.25) is 9.69 Å². The number of carboxylic acid groups (broad SMARTS) is 1. The third kappa shape index (κ3) is 4.22. The fourth-order valence-corrected chi connectivity index (χ4v) is 6.03. The van der Waals surface area contributed by atoms with Crippen molar-refractivity contribution in [3.63, 3.8) is 0 Å². The Kier molecular flexibility index (Phi) is 5.88. The van der Waals surface area contributed by atoms with Gasteiger partial charge in [-0.1, -0.05) is 0 Å². The molecule has 2 unspecified atom stereocenters. The van der Waals surface area contributed by atoms with Gasteiger partial charge < -0.3 is 14.7 Å². The molecule has 36 heavy (non-hydrogen) atoms. The van der Waals surface area contributed by atoms with Gasteiger partial charge in [-0.05, 0) is 56.5 Å². The Morgan fingerprint density at radius 1 is 1.19 bits per heavy atom. The first kappa shape index (κ1) is 23.3. The van der Waals surface area contributed by atoms with E-state index in [2.05, 4.69) is 27.1 Å². The molecule has 3 aliphatic rings. The van der Waals surface area contributed by atoms with Crippen LogP contribution >= 0.6 is 0 Å². The van der Waals surface area contributed by atoms with Gasteiger partial charge in [0, 0.05) is 37.0 Å². The second kappa shape index (κ2) is 9.08. The van der Waals surface area contributed by atoms with Gasteiger partial charge >= 0.3 is 5.97 Å². The maximum absolute atomic E-state index is 15.3. The van der Waals surface area contributed by atoms with Crippen molar-refractivity contribution in [1.29, 1.82) is 0 Å². The van der Waals surface area contributed by atoms with Crippen molar-refractivity contribution < 1.29 is 19.0 Å². The minimum atomic E-state index is -1.05. The van der Waals surface area contributed by atoms with Gasteiger partial charge in [-0.15, -0.1) is 0 Å². The molecule has 0 spiro atoms.